The number of likely N-dealkylation sites (tertiary alicyclic amines) is 1. The van der Waals surface area contributed by atoms with Gasteiger partial charge in [0.25, 0.3) is 0 Å². The highest BCUT2D eigenvalue weighted by molar-refractivity contribution is 5.80. The van der Waals surface area contributed by atoms with E-state index >= 15 is 0 Å². The van der Waals surface area contributed by atoms with Crippen LogP contribution in [0.1, 0.15) is 57.6 Å². The van der Waals surface area contributed by atoms with E-state index < -0.39 is 0 Å². The number of carbonyl (C=O) groups excluding carboxylic acids is 1. The fourth-order valence-corrected chi connectivity index (χ4v) is 3.29. The topological polar surface area (TPSA) is 58.1 Å². The lowest BCUT2D eigenvalue weighted by Gasteiger charge is -2.39. The first-order valence-corrected chi connectivity index (χ1v) is 8.50. The molecule has 1 saturated carbocycles. The second-order valence-corrected chi connectivity index (χ2v) is 6.88. The Kier molecular flexibility index (Phi) is 4.60. The zero-order valence-electron chi connectivity index (χ0n) is 13.6. The number of aromatic nitrogens is 2. The lowest BCUT2D eigenvalue weighted by atomic mass is 9.79. The normalized spacial score (nSPS) is 25.0. The largest absolute Gasteiger partial charge is 0.367 e. The first kappa shape index (κ1) is 15.3. The van der Waals surface area contributed by atoms with Crippen LogP contribution in [0.4, 0.5) is 5.82 Å². The Balaban J connectivity index is 1.49. The minimum atomic E-state index is 0.210. The number of anilines is 1. The predicted octanol–water partition coefficient (Wildman–Crippen LogP) is 2.80. The van der Waals surface area contributed by atoms with E-state index in [0.29, 0.717) is 17.9 Å². The van der Waals surface area contributed by atoms with E-state index in [1.165, 1.54) is 19.3 Å². The molecule has 120 valence electrons. The molecule has 1 amide bonds. The predicted molar refractivity (Wildman–Crippen MR) is 86.7 cm³/mol. The SMILES string of the molecule is CC(C)c1cc(NC2CC(C(=O)N3CCCCC3)C2)ncn1. The highest BCUT2D eigenvalue weighted by Crippen LogP contribution is 2.32. The van der Waals surface area contributed by atoms with E-state index in [0.717, 1.165) is 37.4 Å². The van der Waals surface area contributed by atoms with Crippen LogP contribution in [0.25, 0.3) is 0 Å². The van der Waals surface area contributed by atoms with Crippen molar-refractivity contribution in [3.63, 3.8) is 0 Å². The zero-order valence-corrected chi connectivity index (χ0v) is 13.6. The van der Waals surface area contributed by atoms with Crippen LogP contribution in [-0.4, -0.2) is 39.9 Å². The smallest absolute Gasteiger partial charge is 0.225 e. The van der Waals surface area contributed by atoms with Crippen molar-refractivity contribution in [2.24, 2.45) is 5.92 Å². The molecule has 22 heavy (non-hydrogen) atoms. The Morgan fingerprint density at radius 3 is 2.64 bits per heavy atom. The van der Waals surface area contributed by atoms with Gasteiger partial charge in [0.1, 0.15) is 12.1 Å². The minimum Gasteiger partial charge on any atom is -0.367 e. The molecule has 0 unspecified atom stereocenters. The maximum atomic E-state index is 12.4. The van der Waals surface area contributed by atoms with Crippen molar-refractivity contribution in [3.05, 3.63) is 18.1 Å². The summed E-state index contributed by atoms with van der Waals surface area (Å²) in [6.45, 7) is 6.17. The van der Waals surface area contributed by atoms with Crippen molar-refractivity contribution in [2.45, 2.75) is 57.9 Å². The molecule has 1 aromatic heterocycles. The quantitative estimate of drug-likeness (QED) is 0.929. The number of hydrogen-bond acceptors (Lipinski definition) is 4. The summed E-state index contributed by atoms with van der Waals surface area (Å²) in [5.74, 6) is 1.86. The molecule has 1 saturated heterocycles. The maximum absolute atomic E-state index is 12.4. The van der Waals surface area contributed by atoms with Crippen LogP contribution in [0.15, 0.2) is 12.4 Å². The number of piperidine rings is 1. The lowest BCUT2D eigenvalue weighted by molar-refractivity contribution is -0.139. The van der Waals surface area contributed by atoms with Crippen molar-refractivity contribution in [1.82, 2.24) is 14.9 Å². The molecule has 1 aliphatic carbocycles. The molecule has 1 aromatic rings. The summed E-state index contributed by atoms with van der Waals surface area (Å²) in [6.07, 6.45) is 7.07. The second-order valence-electron chi connectivity index (χ2n) is 6.88. The molecule has 2 fully saturated rings. The Morgan fingerprint density at radius 1 is 1.23 bits per heavy atom. The van der Waals surface area contributed by atoms with Crippen LogP contribution in [0.3, 0.4) is 0 Å². The number of nitrogens with zero attached hydrogens (tertiary/aromatic N) is 3. The summed E-state index contributed by atoms with van der Waals surface area (Å²) in [6, 6.07) is 2.39. The van der Waals surface area contributed by atoms with E-state index in [9.17, 15) is 4.79 Å². The van der Waals surface area contributed by atoms with Crippen LogP contribution >= 0.6 is 0 Å². The van der Waals surface area contributed by atoms with Crippen molar-refractivity contribution in [3.8, 4) is 0 Å². The Labute approximate surface area is 132 Å². The third kappa shape index (κ3) is 3.39. The molecule has 1 N–H and O–H groups in total. The summed E-state index contributed by atoms with van der Waals surface area (Å²) in [5.41, 5.74) is 1.05. The fraction of sp³-hybridized carbons (Fsp3) is 0.706. The fourth-order valence-electron chi connectivity index (χ4n) is 3.29. The van der Waals surface area contributed by atoms with Crippen molar-refractivity contribution in [2.75, 3.05) is 18.4 Å². The van der Waals surface area contributed by atoms with Gasteiger partial charge in [0.2, 0.25) is 5.91 Å². The van der Waals surface area contributed by atoms with Crippen molar-refractivity contribution in [1.29, 1.82) is 0 Å². The van der Waals surface area contributed by atoms with E-state index in [1.54, 1.807) is 6.33 Å². The minimum absolute atomic E-state index is 0.210. The van der Waals surface area contributed by atoms with Crippen molar-refractivity contribution < 1.29 is 4.79 Å². The molecule has 2 aliphatic rings. The molecule has 0 aromatic carbocycles. The van der Waals surface area contributed by atoms with E-state index in [1.807, 2.05) is 6.07 Å². The van der Waals surface area contributed by atoms with Gasteiger partial charge >= 0.3 is 0 Å². The molecular weight excluding hydrogens is 276 g/mol. The molecule has 0 bridgehead atoms. The molecule has 0 atom stereocenters. The van der Waals surface area contributed by atoms with E-state index in [2.05, 4.69) is 34.0 Å². The van der Waals surface area contributed by atoms with Gasteiger partial charge in [-0.1, -0.05) is 13.8 Å². The van der Waals surface area contributed by atoms with E-state index in [-0.39, 0.29) is 5.92 Å². The molecular formula is C17H26N4O. The van der Waals surface area contributed by atoms with Gasteiger partial charge in [0, 0.05) is 36.8 Å². The van der Waals surface area contributed by atoms with Crippen molar-refractivity contribution >= 4 is 11.7 Å². The molecule has 0 radical (unpaired) electrons. The third-order valence-corrected chi connectivity index (χ3v) is 4.79. The number of rotatable bonds is 4. The molecule has 0 spiro atoms. The Morgan fingerprint density at radius 2 is 1.95 bits per heavy atom. The average molecular weight is 302 g/mol. The molecule has 5 nitrogen and oxygen atoms in total. The Bertz CT molecular complexity index is 519. The Hall–Kier alpha value is -1.65. The molecule has 2 heterocycles. The highest BCUT2D eigenvalue weighted by atomic mass is 16.2. The van der Waals surface area contributed by atoms with Gasteiger partial charge in [-0.15, -0.1) is 0 Å². The summed E-state index contributed by atoms with van der Waals surface area (Å²) in [7, 11) is 0. The van der Waals surface area contributed by atoms with Crippen LogP contribution in [0, 0.1) is 5.92 Å². The standard InChI is InChI=1S/C17H26N4O/c1-12(2)15-10-16(19-11-18-15)20-14-8-13(9-14)17(22)21-6-4-3-5-7-21/h10-14H,3-9H2,1-2H3,(H,18,19,20). The molecule has 1 aliphatic heterocycles. The third-order valence-electron chi connectivity index (χ3n) is 4.79. The summed E-state index contributed by atoms with van der Waals surface area (Å²) >= 11 is 0. The zero-order chi connectivity index (χ0) is 15.5. The summed E-state index contributed by atoms with van der Waals surface area (Å²) < 4.78 is 0. The van der Waals surface area contributed by atoms with Crippen LogP contribution in [-0.2, 0) is 4.79 Å². The van der Waals surface area contributed by atoms with Gasteiger partial charge in [-0.25, -0.2) is 9.97 Å². The second kappa shape index (κ2) is 6.63. The van der Waals surface area contributed by atoms with Gasteiger partial charge in [-0.2, -0.15) is 0 Å². The average Bonchev–Trinajstić information content (AvgIpc) is 2.51. The number of amides is 1. The monoisotopic (exact) mass is 302 g/mol. The summed E-state index contributed by atoms with van der Waals surface area (Å²) in [5, 5.41) is 3.44. The van der Waals surface area contributed by atoms with Crippen LogP contribution in [0.2, 0.25) is 0 Å². The lowest BCUT2D eigenvalue weighted by Crippen LogP contribution is -2.47. The van der Waals surface area contributed by atoms with Gasteiger partial charge in [0.15, 0.2) is 0 Å². The van der Waals surface area contributed by atoms with Crippen LogP contribution in [0.5, 0.6) is 0 Å². The van der Waals surface area contributed by atoms with Gasteiger partial charge < -0.3 is 10.2 Å². The molecule has 3 rings (SSSR count). The molecule has 5 heteroatoms. The van der Waals surface area contributed by atoms with E-state index in [4.69, 9.17) is 0 Å². The number of nitrogens with one attached hydrogen (secondary N) is 1. The number of carbonyl (C=O) groups is 1. The van der Waals surface area contributed by atoms with Gasteiger partial charge in [-0.05, 0) is 38.0 Å². The van der Waals surface area contributed by atoms with Crippen LogP contribution < -0.4 is 5.32 Å². The first-order chi connectivity index (χ1) is 10.6. The summed E-state index contributed by atoms with van der Waals surface area (Å²) in [4.78, 5) is 23.0. The van der Waals surface area contributed by atoms with Gasteiger partial charge in [-0.3, -0.25) is 4.79 Å². The highest BCUT2D eigenvalue weighted by Gasteiger charge is 2.37. The maximum Gasteiger partial charge on any atom is 0.225 e. The first-order valence-electron chi connectivity index (χ1n) is 8.50. The number of hydrogen-bond donors (Lipinski definition) is 1. The van der Waals surface area contributed by atoms with Gasteiger partial charge in [0.05, 0.1) is 0 Å².